The van der Waals surface area contributed by atoms with E-state index in [-0.39, 0.29) is 27.4 Å². The maximum atomic E-state index is 12.3. The third-order valence-electron chi connectivity index (χ3n) is 3.63. The first-order valence-corrected chi connectivity index (χ1v) is 8.74. The molecule has 7 heteroatoms. The van der Waals surface area contributed by atoms with Crippen LogP contribution in [0.15, 0.2) is 66.9 Å². The zero-order valence-electron chi connectivity index (χ0n) is 14.0. The highest BCUT2D eigenvalue weighted by molar-refractivity contribution is 6.41. The molecule has 0 unspecified atom stereocenters. The van der Waals surface area contributed by atoms with E-state index in [1.54, 1.807) is 18.2 Å². The lowest BCUT2D eigenvalue weighted by molar-refractivity contribution is 0.0733. The highest BCUT2D eigenvalue weighted by Gasteiger charge is 2.13. The van der Waals surface area contributed by atoms with Gasteiger partial charge in [0, 0.05) is 18.3 Å². The van der Waals surface area contributed by atoms with Crippen molar-refractivity contribution in [3.8, 4) is 5.75 Å². The smallest absolute Gasteiger partial charge is 0.345 e. The van der Waals surface area contributed by atoms with Crippen molar-refractivity contribution in [3.63, 3.8) is 0 Å². The van der Waals surface area contributed by atoms with Crippen LogP contribution in [0.5, 0.6) is 5.75 Å². The molecule has 0 bridgehead atoms. The number of pyridine rings is 1. The fraction of sp³-hybridized carbons (Fsp3) is 0.0500. The number of carbonyl (C=O) groups is 2. The number of amides is 1. The molecule has 1 amide bonds. The number of benzene rings is 2. The van der Waals surface area contributed by atoms with Gasteiger partial charge in [-0.1, -0.05) is 59.6 Å². The zero-order chi connectivity index (χ0) is 19.2. The molecule has 0 fully saturated rings. The van der Waals surface area contributed by atoms with Crippen LogP contribution in [0.4, 0.5) is 0 Å². The summed E-state index contributed by atoms with van der Waals surface area (Å²) in [5, 5.41) is 3.07. The Labute approximate surface area is 165 Å². The molecule has 1 aromatic heterocycles. The topological polar surface area (TPSA) is 68.3 Å². The van der Waals surface area contributed by atoms with Crippen molar-refractivity contribution in [1.29, 1.82) is 0 Å². The average Bonchev–Trinajstić information content (AvgIpc) is 2.69. The zero-order valence-corrected chi connectivity index (χ0v) is 15.5. The minimum Gasteiger partial charge on any atom is -0.423 e. The lowest BCUT2D eigenvalue weighted by Gasteiger charge is -2.08. The summed E-state index contributed by atoms with van der Waals surface area (Å²) in [5.74, 6) is -0.686. The van der Waals surface area contributed by atoms with E-state index in [1.165, 1.54) is 18.3 Å². The second kappa shape index (κ2) is 8.66. The second-order valence-corrected chi connectivity index (χ2v) is 6.35. The maximum absolute atomic E-state index is 12.3. The van der Waals surface area contributed by atoms with Crippen LogP contribution in [0.25, 0.3) is 0 Å². The van der Waals surface area contributed by atoms with Gasteiger partial charge >= 0.3 is 5.97 Å². The van der Waals surface area contributed by atoms with Crippen LogP contribution in [-0.2, 0) is 6.54 Å². The first-order chi connectivity index (χ1) is 13.0. The molecule has 0 spiro atoms. The standard InChI is InChI=1S/C20H14Cl2N2O3/c21-17-10-15(12-23-18(17)22)20(26)27-16-8-4-7-14(9-16)19(25)24-11-13-5-2-1-3-6-13/h1-10,12H,11H2,(H,24,25). The molecule has 0 radical (unpaired) electrons. The van der Waals surface area contributed by atoms with Gasteiger partial charge < -0.3 is 10.1 Å². The van der Waals surface area contributed by atoms with Crippen molar-refractivity contribution in [3.05, 3.63) is 93.7 Å². The van der Waals surface area contributed by atoms with Gasteiger partial charge in [-0.3, -0.25) is 4.79 Å². The van der Waals surface area contributed by atoms with Crippen molar-refractivity contribution >= 4 is 35.1 Å². The normalized spacial score (nSPS) is 10.3. The molecule has 0 saturated carbocycles. The highest BCUT2D eigenvalue weighted by Crippen LogP contribution is 2.21. The molecule has 2 aromatic carbocycles. The predicted molar refractivity (Wildman–Crippen MR) is 103 cm³/mol. The molecule has 1 heterocycles. The van der Waals surface area contributed by atoms with E-state index in [1.807, 2.05) is 30.3 Å². The summed E-state index contributed by atoms with van der Waals surface area (Å²) in [6.07, 6.45) is 1.27. The van der Waals surface area contributed by atoms with Gasteiger partial charge in [0.15, 0.2) is 0 Å². The predicted octanol–water partition coefficient (Wildman–Crippen LogP) is 4.54. The molecule has 3 aromatic rings. The lowest BCUT2D eigenvalue weighted by atomic mass is 10.2. The molecule has 5 nitrogen and oxygen atoms in total. The van der Waals surface area contributed by atoms with Gasteiger partial charge in [0.2, 0.25) is 0 Å². The lowest BCUT2D eigenvalue weighted by Crippen LogP contribution is -2.22. The number of carbonyl (C=O) groups excluding carboxylic acids is 2. The number of aromatic nitrogens is 1. The molecule has 1 N–H and O–H groups in total. The van der Waals surface area contributed by atoms with Gasteiger partial charge in [-0.15, -0.1) is 0 Å². The minimum absolute atomic E-state index is 0.102. The Hall–Kier alpha value is -2.89. The fourth-order valence-corrected chi connectivity index (χ4v) is 2.55. The van der Waals surface area contributed by atoms with Crippen molar-refractivity contribution < 1.29 is 14.3 Å². The van der Waals surface area contributed by atoms with Crippen LogP contribution in [-0.4, -0.2) is 16.9 Å². The Kier molecular flexibility index (Phi) is 6.06. The Morgan fingerprint density at radius 3 is 2.48 bits per heavy atom. The number of hydrogen-bond donors (Lipinski definition) is 1. The summed E-state index contributed by atoms with van der Waals surface area (Å²) < 4.78 is 5.29. The minimum atomic E-state index is -0.650. The SMILES string of the molecule is O=C(NCc1ccccc1)c1cccc(OC(=O)c2cnc(Cl)c(Cl)c2)c1. The number of ether oxygens (including phenoxy) is 1. The summed E-state index contributed by atoms with van der Waals surface area (Å²) >= 11 is 11.6. The van der Waals surface area contributed by atoms with E-state index in [4.69, 9.17) is 27.9 Å². The Balaban J connectivity index is 1.66. The van der Waals surface area contributed by atoms with E-state index in [9.17, 15) is 9.59 Å². The molecule has 0 saturated heterocycles. The van der Waals surface area contributed by atoms with E-state index in [0.29, 0.717) is 12.1 Å². The Morgan fingerprint density at radius 1 is 0.963 bits per heavy atom. The third kappa shape index (κ3) is 5.06. The number of hydrogen-bond acceptors (Lipinski definition) is 4. The van der Waals surface area contributed by atoms with E-state index >= 15 is 0 Å². The maximum Gasteiger partial charge on any atom is 0.345 e. The first-order valence-electron chi connectivity index (χ1n) is 7.98. The van der Waals surface area contributed by atoms with Crippen molar-refractivity contribution in [2.24, 2.45) is 0 Å². The number of nitrogens with zero attached hydrogens (tertiary/aromatic N) is 1. The van der Waals surface area contributed by atoms with Crippen LogP contribution >= 0.6 is 23.2 Å². The van der Waals surface area contributed by atoms with Crippen LogP contribution in [0.1, 0.15) is 26.3 Å². The van der Waals surface area contributed by atoms with Gasteiger partial charge in [-0.2, -0.15) is 0 Å². The summed E-state index contributed by atoms with van der Waals surface area (Å²) in [6.45, 7) is 0.401. The van der Waals surface area contributed by atoms with Crippen LogP contribution in [0.3, 0.4) is 0 Å². The summed E-state index contributed by atoms with van der Waals surface area (Å²) in [4.78, 5) is 28.3. The first kappa shape index (κ1) is 18.9. The molecule has 0 aliphatic rings. The largest absolute Gasteiger partial charge is 0.423 e. The molecule has 0 aliphatic carbocycles. The van der Waals surface area contributed by atoms with Crippen molar-refractivity contribution in [1.82, 2.24) is 10.3 Å². The quantitative estimate of drug-likeness (QED) is 0.387. The van der Waals surface area contributed by atoms with Crippen LogP contribution < -0.4 is 10.1 Å². The molecular weight excluding hydrogens is 387 g/mol. The summed E-state index contributed by atoms with van der Waals surface area (Å²) in [7, 11) is 0. The van der Waals surface area contributed by atoms with Gasteiger partial charge in [-0.05, 0) is 29.8 Å². The van der Waals surface area contributed by atoms with Crippen molar-refractivity contribution in [2.45, 2.75) is 6.54 Å². The van der Waals surface area contributed by atoms with E-state index in [2.05, 4.69) is 10.3 Å². The van der Waals surface area contributed by atoms with Gasteiger partial charge in [0.25, 0.3) is 5.91 Å². The number of rotatable bonds is 5. The van der Waals surface area contributed by atoms with Crippen LogP contribution in [0.2, 0.25) is 10.2 Å². The van der Waals surface area contributed by atoms with Crippen LogP contribution in [0, 0.1) is 0 Å². The third-order valence-corrected chi connectivity index (χ3v) is 4.32. The van der Waals surface area contributed by atoms with Gasteiger partial charge in [0.05, 0.1) is 10.6 Å². The number of halogens is 2. The van der Waals surface area contributed by atoms with Gasteiger partial charge in [-0.25, -0.2) is 9.78 Å². The molecule has 136 valence electrons. The van der Waals surface area contributed by atoms with Gasteiger partial charge in [0.1, 0.15) is 10.9 Å². The fourth-order valence-electron chi connectivity index (χ4n) is 2.28. The average molecular weight is 401 g/mol. The molecule has 27 heavy (non-hydrogen) atoms. The summed E-state index contributed by atoms with van der Waals surface area (Å²) in [5.41, 5.74) is 1.52. The Morgan fingerprint density at radius 2 is 1.74 bits per heavy atom. The monoisotopic (exact) mass is 400 g/mol. The van der Waals surface area contributed by atoms with E-state index in [0.717, 1.165) is 5.56 Å². The highest BCUT2D eigenvalue weighted by atomic mass is 35.5. The van der Waals surface area contributed by atoms with E-state index < -0.39 is 5.97 Å². The number of esters is 1. The molecule has 0 aliphatic heterocycles. The molecule has 0 atom stereocenters. The molecular formula is C20H14Cl2N2O3. The second-order valence-electron chi connectivity index (χ2n) is 5.58. The molecule has 3 rings (SSSR count). The van der Waals surface area contributed by atoms with Crippen molar-refractivity contribution in [2.75, 3.05) is 0 Å². The number of nitrogens with one attached hydrogen (secondary N) is 1. The summed E-state index contributed by atoms with van der Waals surface area (Å²) in [6, 6.07) is 17.3. The Bertz CT molecular complexity index is 978.